The Kier molecular flexibility index (Phi) is 7.37. The molecule has 0 saturated heterocycles. The van der Waals surface area contributed by atoms with Crippen LogP contribution >= 0.6 is 22.9 Å². The highest BCUT2D eigenvalue weighted by atomic mass is 35.5. The van der Waals surface area contributed by atoms with E-state index < -0.39 is 18.1 Å². The Bertz CT molecular complexity index is 1170. The maximum atomic E-state index is 12.6. The first-order valence-electron chi connectivity index (χ1n) is 8.92. The molecule has 1 aromatic carbocycles. The van der Waals surface area contributed by atoms with Crippen LogP contribution in [0.4, 0.5) is 8.78 Å². The van der Waals surface area contributed by atoms with Crippen LogP contribution in [0.5, 0.6) is 5.75 Å². The number of hydrogen-bond donors (Lipinski definition) is 1. The Hall–Kier alpha value is -2.82. The van der Waals surface area contributed by atoms with E-state index in [0.29, 0.717) is 16.0 Å². The van der Waals surface area contributed by atoms with Crippen molar-refractivity contribution in [3.8, 4) is 5.75 Å². The average molecular weight is 471 g/mol. The van der Waals surface area contributed by atoms with Gasteiger partial charge in [0.1, 0.15) is 22.1 Å². The van der Waals surface area contributed by atoms with Crippen LogP contribution in [0.25, 0.3) is 21.3 Å². The van der Waals surface area contributed by atoms with Crippen molar-refractivity contribution >= 4 is 50.2 Å². The number of hydrogen-bond acceptors (Lipinski definition) is 7. The number of H-pyrrole nitrogens is 1. The molecule has 0 aliphatic rings. The standard InChI is InChI=1S/C20H17ClF2N2O5S/c1-10-14-17(26)24-16(25-18(14)31-15(10)19(27)29-8-7-28-2)13(21)9-11-3-5-12(6-4-11)30-20(22)23/h3-6,9,20H,7-8H2,1-2H3,(H,24,25,26)/b13-9-. The molecule has 1 N–H and O–H groups in total. The number of aromatic amines is 1. The third-order valence-corrected chi connectivity index (χ3v) is 5.59. The molecule has 3 rings (SSSR count). The summed E-state index contributed by atoms with van der Waals surface area (Å²) in [5, 5.41) is 0.405. The van der Waals surface area contributed by atoms with Crippen LogP contribution in [-0.2, 0) is 9.47 Å². The minimum Gasteiger partial charge on any atom is -0.459 e. The largest absolute Gasteiger partial charge is 0.459 e. The van der Waals surface area contributed by atoms with Crippen molar-refractivity contribution in [1.29, 1.82) is 0 Å². The summed E-state index contributed by atoms with van der Waals surface area (Å²) in [6.45, 7) is -0.924. The van der Waals surface area contributed by atoms with E-state index in [2.05, 4.69) is 14.7 Å². The quantitative estimate of drug-likeness (QED) is 0.387. The first kappa shape index (κ1) is 22.9. The molecule has 0 spiro atoms. The number of rotatable bonds is 8. The number of carbonyl (C=O) groups excluding carboxylic acids is 1. The van der Waals surface area contributed by atoms with Crippen molar-refractivity contribution in [2.24, 2.45) is 0 Å². The van der Waals surface area contributed by atoms with Crippen molar-refractivity contribution in [1.82, 2.24) is 9.97 Å². The van der Waals surface area contributed by atoms with E-state index in [-0.39, 0.29) is 40.1 Å². The molecule has 3 aromatic rings. The smallest absolute Gasteiger partial charge is 0.387 e. The average Bonchev–Trinajstić information content (AvgIpc) is 3.06. The lowest BCUT2D eigenvalue weighted by atomic mass is 10.2. The van der Waals surface area contributed by atoms with Gasteiger partial charge in [0.15, 0.2) is 5.82 Å². The van der Waals surface area contributed by atoms with Crippen molar-refractivity contribution in [3.63, 3.8) is 0 Å². The fourth-order valence-electron chi connectivity index (χ4n) is 2.70. The molecule has 164 valence electrons. The number of nitrogens with one attached hydrogen (secondary N) is 1. The molecule has 0 unspecified atom stereocenters. The fraction of sp³-hybridized carbons (Fsp3) is 0.250. The second kappa shape index (κ2) is 9.99. The van der Waals surface area contributed by atoms with E-state index in [1.807, 2.05) is 0 Å². The second-order valence-electron chi connectivity index (χ2n) is 6.22. The monoisotopic (exact) mass is 470 g/mol. The highest BCUT2D eigenvalue weighted by Gasteiger charge is 2.21. The predicted octanol–water partition coefficient (Wildman–Crippen LogP) is 4.43. The van der Waals surface area contributed by atoms with Crippen LogP contribution in [0.3, 0.4) is 0 Å². The zero-order chi connectivity index (χ0) is 22.5. The topological polar surface area (TPSA) is 90.5 Å². The predicted molar refractivity (Wildman–Crippen MR) is 114 cm³/mol. The normalized spacial score (nSPS) is 11.9. The molecular formula is C20H17ClF2N2O5S. The summed E-state index contributed by atoms with van der Waals surface area (Å²) >= 11 is 7.34. The number of esters is 1. The summed E-state index contributed by atoms with van der Waals surface area (Å²) in [7, 11) is 1.49. The minimum atomic E-state index is -2.91. The number of aryl methyl sites for hydroxylation is 1. The number of methoxy groups -OCH3 is 1. The maximum absolute atomic E-state index is 12.6. The number of benzene rings is 1. The molecule has 0 atom stereocenters. The Morgan fingerprint density at radius 1 is 1.29 bits per heavy atom. The van der Waals surface area contributed by atoms with Crippen LogP contribution < -0.4 is 10.3 Å². The van der Waals surface area contributed by atoms with Crippen molar-refractivity contribution in [2.75, 3.05) is 20.3 Å². The second-order valence-corrected chi connectivity index (χ2v) is 7.63. The summed E-state index contributed by atoms with van der Waals surface area (Å²) in [4.78, 5) is 32.4. The Labute approximate surface area is 184 Å². The number of aromatic nitrogens is 2. The molecule has 0 aliphatic heterocycles. The first-order chi connectivity index (χ1) is 14.8. The number of halogens is 3. The minimum absolute atomic E-state index is 0.00944. The molecule has 0 fully saturated rings. The molecule has 7 nitrogen and oxygen atoms in total. The lowest BCUT2D eigenvalue weighted by molar-refractivity contribution is -0.0498. The van der Waals surface area contributed by atoms with Gasteiger partial charge in [0.25, 0.3) is 5.56 Å². The van der Waals surface area contributed by atoms with Gasteiger partial charge in [-0.25, -0.2) is 9.78 Å². The van der Waals surface area contributed by atoms with E-state index in [4.69, 9.17) is 21.1 Å². The van der Waals surface area contributed by atoms with Crippen LogP contribution in [0.1, 0.15) is 26.6 Å². The summed E-state index contributed by atoms with van der Waals surface area (Å²) in [6.07, 6.45) is 1.51. The number of ether oxygens (including phenoxy) is 3. The van der Waals surface area contributed by atoms with Gasteiger partial charge < -0.3 is 19.2 Å². The number of thiophene rings is 1. The van der Waals surface area contributed by atoms with E-state index in [1.54, 1.807) is 6.92 Å². The number of alkyl halides is 2. The van der Waals surface area contributed by atoms with Crippen LogP contribution in [0.15, 0.2) is 29.1 Å². The molecule has 0 aliphatic carbocycles. The maximum Gasteiger partial charge on any atom is 0.387 e. The number of fused-ring (bicyclic) bond motifs is 1. The Balaban J connectivity index is 1.89. The van der Waals surface area contributed by atoms with Crippen LogP contribution in [-0.4, -0.2) is 42.9 Å². The molecule has 11 heteroatoms. The SMILES string of the molecule is COCCOC(=O)c1sc2nc(/C(Cl)=C/c3ccc(OC(F)F)cc3)[nH]c(=O)c2c1C. The van der Waals surface area contributed by atoms with Gasteiger partial charge in [-0.15, -0.1) is 11.3 Å². The summed E-state index contributed by atoms with van der Waals surface area (Å²) < 4.78 is 38.8. The molecule has 0 bridgehead atoms. The van der Waals surface area contributed by atoms with Gasteiger partial charge in [0.2, 0.25) is 0 Å². The van der Waals surface area contributed by atoms with Gasteiger partial charge in [-0.2, -0.15) is 8.78 Å². The summed E-state index contributed by atoms with van der Waals surface area (Å²) in [6, 6.07) is 5.79. The Morgan fingerprint density at radius 2 is 2.00 bits per heavy atom. The molecule has 0 saturated carbocycles. The lowest BCUT2D eigenvalue weighted by Gasteiger charge is -2.04. The number of nitrogens with zero attached hydrogens (tertiary/aromatic N) is 1. The zero-order valence-electron chi connectivity index (χ0n) is 16.4. The number of carbonyl (C=O) groups is 1. The highest BCUT2D eigenvalue weighted by molar-refractivity contribution is 7.20. The van der Waals surface area contributed by atoms with Gasteiger partial charge in [-0.05, 0) is 36.3 Å². The highest BCUT2D eigenvalue weighted by Crippen LogP contribution is 2.29. The van der Waals surface area contributed by atoms with E-state index in [1.165, 1.54) is 37.5 Å². The van der Waals surface area contributed by atoms with Crippen molar-refractivity contribution in [2.45, 2.75) is 13.5 Å². The van der Waals surface area contributed by atoms with Crippen molar-refractivity contribution < 1.29 is 27.8 Å². The molecule has 0 amide bonds. The van der Waals surface area contributed by atoms with E-state index in [9.17, 15) is 18.4 Å². The third-order valence-electron chi connectivity index (χ3n) is 4.13. The molecule has 2 aromatic heterocycles. The first-order valence-corrected chi connectivity index (χ1v) is 10.1. The molecule has 2 heterocycles. The molecule has 31 heavy (non-hydrogen) atoms. The van der Waals surface area contributed by atoms with Crippen LogP contribution in [0, 0.1) is 6.92 Å². The van der Waals surface area contributed by atoms with Gasteiger partial charge in [0.05, 0.1) is 17.0 Å². The lowest BCUT2D eigenvalue weighted by Crippen LogP contribution is -2.11. The van der Waals surface area contributed by atoms with Gasteiger partial charge in [-0.1, -0.05) is 23.7 Å². The third kappa shape index (κ3) is 5.46. The molecule has 0 radical (unpaired) electrons. The van der Waals surface area contributed by atoms with Gasteiger partial charge in [0, 0.05) is 7.11 Å². The van der Waals surface area contributed by atoms with Crippen molar-refractivity contribution in [3.05, 3.63) is 56.4 Å². The summed E-state index contributed by atoms with van der Waals surface area (Å²) in [5.74, 6) is -0.450. The van der Waals surface area contributed by atoms with Gasteiger partial charge in [-0.3, -0.25) is 4.79 Å². The molecular weight excluding hydrogens is 454 g/mol. The Morgan fingerprint density at radius 3 is 2.65 bits per heavy atom. The summed E-state index contributed by atoms with van der Waals surface area (Å²) in [5.41, 5.74) is 0.605. The van der Waals surface area contributed by atoms with Gasteiger partial charge >= 0.3 is 12.6 Å². The van der Waals surface area contributed by atoms with E-state index >= 15 is 0 Å². The fourth-order valence-corrected chi connectivity index (χ4v) is 3.99. The van der Waals surface area contributed by atoms with E-state index in [0.717, 1.165) is 11.3 Å². The zero-order valence-corrected chi connectivity index (χ0v) is 18.0. The van der Waals surface area contributed by atoms with Crippen LogP contribution in [0.2, 0.25) is 0 Å².